The maximum atomic E-state index is 14.0. The number of ether oxygens (including phenoxy) is 1. The number of rotatable bonds is 3. The minimum absolute atomic E-state index is 0.0549. The Morgan fingerprint density at radius 3 is 2.78 bits per heavy atom. The molecule has 2 N–H and O–H groups in total. The Hall–Kier alpha value is -1.89. The third-order valence-electron chi connectivity index (χ3n) is 2.31. The van der Waals surface area contributed by atoms with E-state index < -0.39 is 11.8 Å². The summed E-state index contributed by atoms with van der Waals surface area (Å²) in [5.41, 5.74) is 0.248. The molecule has 0 aliphatic rings. The van der Waals surface area contributed by atoms with Gasteiger partial charge in [-0.15, -0.1) is 0 Å². The molecule has 0 spiro atoms. The number of nitrogens with one attached hydrogen (secondary N) is 1. The monoisotopic (exact) mass is 314 g/mol. The summed E-state index contributed by atoms with van der Waals surface area (Å²) in [6.45, 7) is 0. The van der Waals surface area contributed by atoms with Gasteiger partial charge in [0, 0.05) is 10.0 Å². The van der Waals surface area contributed by atoms with Crippen molar-refractivity contribution in [2.45, 2.75) is 0 Å². The van der Waals surface area contributed by atoms with E-state index in [2.05, 4.69) is 26.1 Å². The van der Waals surface area contributed by atoms with Crippen LogP contribution < -0.4 is 4.74 Å². The van der Waals surface area contributed by atoms with E-state index in [4.69, 9.17) is 9.84 Å². The number of aromatic amines is 1. The number of aromatic carboxylic acids is 1. The quantitative estimate of drug-likeness (QED) is 0.913. The first-order chi connectivity index (χ1) is 8.52. The van der Waals surface area contributed by atoms with E-state index in [9.17, 15) is 9.18 Å². The number of hydrogen-bond donors (Lipinski definition) is 2. The lowest BCUT2D eigenvalue weighted by atomic mass is 10.1. The highest BCUT2D eigenvalue weighted by Gasteiger charge is 2.16. The van der Waals surface area contributed by atoms with Crippen molar-refractivity contribution in [1.82, 2.24) is 10.2 Å². The number of carboxylic acid groups (broad SMARTS) is 1. The van der Waals surface area contributed by atoms with Gasteiger partial charge in [0.15, 0.2) is 11.6 Å². The largest absolute Gasteiger partial charge is 0.494 e. The van der Waals surface area contributed by atoms with Gasteiger partial charge in [-0.2, -0.15) is 5.10 Å². The Morgan fingerprint density at radius 2 is 2.22 bits per heavy atom. The van der Waals surface area contributed by atoms with E-state index in [0.717, 1.165) is 0 Å². The van der Waals surface area contributed by atoms with Crippen LogP contribution in [0.5, 0.6) is 5.75 Å². The molecule has 2 rings (SSSR count). The van der Waals surface area contributed by atoms with E-state index in [-0.39, 0.29) is 22.7 Å². The topological polar surface area (TPSA) is 75.2 Å². The second kappa shape index (κ2) is 4.77. The number of carbonyl (C=O) groups is 1. The molecule has 0 saturated heterocycles. The summed E-state index contributed by atoms with van der Waals surface area (Å²) in [5, 5.41) is 14.8. The molecule has 0 amide bonds. The number of nitrogens with zero attached hydrogens (tertiary/aromatic N) is 1. The van der Waals surface area contributed by atoms with Crippen LogP contribution in [0.4, 0.5) is 4.39 Å². The van der Waals surface area contributed by atoms with E-state index in [1.54, 1.807) is 0 Å². The standard InChI is InChI=1S/C11H8BrFN2O3/c1-18-9-3-5(12)2-6(10(9)13)7-4-8(11(16)17)15-14-7/h2-4H,1H3,(H,14,15)(H,16,17). The van der Waals surface area contributed by atoms with Gasteiger partial charge in [0.2, 0.25) is 0 Å². The predicted octanol–water partition coefficient (Wildman–Crippen LogP) is 2.69. The van der Waals surface area contributed by atoms with Crippen molar-refractivity contribution >= 4 is 21.9 Å². The van der Waals surface area contributed by atoms with Gasteiger partial charge in [-0.3, -0.25) is 5.10 Å². The molecule has 0 aliphatic heterocycles. The molecule has 1 aromatic heterocycles. The van der Waals surface area contributed by atoms with Crippen LogP contribution in [-0.4, -0.2) is 28.4 Å². The van der Waals surface area contributed by atoms with Gasteiger partial charge < -0.3 is 9.84 Å². The Morgan fingerprint density at radius 1 is 1.50 bits per heavy atom. The highest BCUT2D eigenvalue weighted by molar-refractivity contribution is 9.10. The van der Waals surface area contributed by atoms with Gasteiger partial charge in [0.25, 0.3) is 0 Å². The van der Waals surface area contributed by atoms with Crippen molar-refractivity contribution in [3.63, 3.8) is 0 Å². The van der Waals surface area contributed by atoms with Gasteiger partial charge in [0.05, 0.1) is 12.8 Å². The number of methoxy groups -OCH3 is 1. The van der Waals surface area contributed by atoms with Gasteiger partial charge in [-0.1, -0.05) is 15.9 Å². The first-order valence-corrected chi connectivity index (χ1v) is 5.64. The van der Waals surface area contributed by atoms with Crippen LogP contribution in [0.2, 0.25) is 0 Å². The molecule has 0 atom stereocenters. The second-order valence-electron chi connectivity index (χ2n) is 3.44. The predicted molar refractivity (Wildman–Crippen MR) is 65.2 cm³/mol. The molecule has 18 heavy (non-hydrogen) atoms. The number of halogens is 2. The van der Waals surface area contributed by atoms with Crippen LogP contribution in [0.3, 0.4) is 0 Å². The maximum absolute atomic E-state index is 14.0. The Bertz CT molecular complexity index is 612. The summed E-state index contributed by atoms with van der Waals surface area (Å²) in [5.74, 6) is -1.69. The van der Waals surface area contributed by atoms with E-state index in [1.807, 2.05) is 0 Å². The minimum Gasteiger partial charge on any atom is -0.494 e. The molecule has 2 aromatic rings. The lowest BCUT2D eigenvalue weighted by Gasteiger charge is -2.06. The molecule has 94 valence electrons. The van der Waals surface area contributed by atoms with Gasteiger partial charge in [0.1, 0.15) is 5.69 Å². The number of carboxylic acids is 1. The average Bonchev–Trinajstić information content (AvgIpc) is 2.81. The van der Waals surface area contributed by atoms with Crippen LogP contribution in [0.15, 0.2) is 22.7 Å². The van der Waals surface area contributed by atoms with Crippen LogP contribution >= 0.6 is 15.9 Å². The first kappa shape index (κ1) is 12.6. The van der Waals surface area contributed by atoms with Crippen molar-refractivity contribution in [3.8, 4) is 17.0 Å². The molecular formula is C11H8BrFN2O3. The molecule has 1 aromatic carbocycles. The summed E-state index contributed by atoms with van der Waals surface area (Å²) in [6, 6.07) is 4.23. The molecule has 0 unspecified atom stereocenters. The van der Waals surface area contributed by atoms with Crippen LogP contribution in [0.25, 0.3) is 11.3 Å². The van der Waals surface area contributed by atoms with Crippen LogP contribution in [-0.2, 0) is 0 Å². The molecule has 0 saturated carbocycles. The third kappa shape index (κ3) is 2.21. The molecule has 1 heterocycles. The Kier molecular flexibility index (Phi) is 3.33. The van der Waals surface area contributed by atoms with Gasteiger partial charge in [-0.05, 0) is 18.2 Å². The first-order valence-electron chi connectivity index (χ1n) is 4.85. The summed E-state index contributed by atoms with van der Waals surface area (Å²) < 4.78 is 19.5. The Labute approximate surface area is 110 Å². The van der Waals surface area contributed by atoms with Crippen molar-refractivity contribution in [1.29, 1.82) is 0 Å². The normalized spacial score (nSPS) is 10.4. The highest BCUT2D eigenvalue weighted by Crippen LogP contribution is 2.32. The van der Waals surface area contributed by atoms with Gasteiger partial charge >= 0.3 is 5.97 Å². The lowest BCUT2D eigenvalue weighted by molar-refractivity contribution is 0.0690. The molecule has 0 radical (unpaired) electrons. The van der Waals surface area contributed by atoms with E-state index in [1.165, 1.54) is 25.3 Å². The SMILES string of the molecule is COc1cc(Br)cc(-c2cc(C(=O)O)[nH]n2)c1F. The van der Waals surface area contributed by atoms with E-state index >= 15 is 0 Å². The van der Waals surface area contributed by atoms with Crippen LogP contribution in [0.1, 0.15) is 10.5 Å². The van der Waals surface area contributed by atoms with E-state index in [0.29, 0.717) is 4.47 Å². The summed E-state index contributed by atoms with van der Waals surface area (Å²) >= 11 is 3.22. The highest BCUT2D eigenvalue weighted by atomic mass is 79.9. The molecule has 5 nitrogen and oxygen atoms in total. The van der Waals surface area contributed by atoms with Gasteiger partial charge in [-0.25, -0.2) is 9.18 Å². The zero-order valence-corrected chi connectivity index (χ0v) is 10.8. The molecular weight excluding hydrogens is 307 g/mol. The van der Waals surface area contributed by atoms with Crippen molar-refractivity contribution in [2.75, 3.05) is 7.11 Å². The minimum atomic E-state index is -1.16. The Balaban J connectivity index is 2.55. The zero-order valence-electron chi connectivity index (χ0n) is 9.20. The van der Waals surface area contributed by atoms with Crippen molar-refractivity contribution < 1.29 is 19.0 Å². The number of aromatic nitrogens is 2. The number of benzene rings is 1. The fourth-order valence-electron chi connectivity index (χ4n) is 1.47. The maximum Gasteiger partial charge on any atom is 0.353 e. The average molecular weight is 315 g/mol. The van der Waals surface area contributed by atoms with Crippen molar-refractivity contribution in [3.05, 3.63) is 34.2 Å². The molecule has 0 fully saturated rings. The number of H-pyrrole nitrogens is 1. The fraction of sp³-hybridized carbons (Fsp3) is 0.0909. The summed E-state index contributed by atoms with van der Waals surface area (Å²) in [6.07, 6.45) is 0. The molecule has 0 aliphatic carbocycles. The van der Waals surface area contributed by atoms with Crippen molar-refractivity contribution in [2.24, 2.45) is 0 Å². The third-order valence-corrected chi connectivity index (χ3v) is 2.77. The zero-order chi connectivity index (χ0) is 13.3. The summed E-state index contributed by atoms with van der Waals surface area (Å²) in [7, 11) is 1.35. The number of hydrogen-bond acceptors (Lipinski definition) is 3. The lowest BCUT2D eigenvalue weighted by Crippen LogP contribution is -1.95. The smallest absolute Gasteiger partial charge is 0.353 e. The molecule has 0 bridgehead atoms. The summed E-state index contributed by atoms with van der Waals surface area (Å²) in [4.78, 5) is 10.7. The fourth-order valence-corrected chi connectivity index (χ4v) is 1.91. The van der Waals surface area contributed by atoms with Crippen LogP contribution in [0, 0.1) is 5.82 Å². The molecule has 7 heteroatoms. The second-order valence-corrected chi connectivity index (χ2v) is 4.36.